The molecule has 5 rings (SSSR count). The Labute approximate surface area is 365 Å². The molecular formula is C42H54BF2N6O11S+. The minimum atomic E-state index is -4.80. The van der Waals surface area contributed by atoms with Gasteiger partial charge in [0, 0.05) is 67.5 Å². The van der Waals surface area contributed by atoms with Crippen LogP contribution in [0.4, 0.5) is 14.3 Å². The van der Waals surface area contributed by atoms with E-state index in [9.17, 15) is 37.5 Å². The highest BCUT2D eigenvalue weighted by molar-refractivity contribution is 7.85. The second kappa shape index (κ2) is 19.7. The number of likely N-dealkylation sites (N-methyl/N-ethyl adjacent to an activating group) is 1. The number of halogens is 2. The molecule has 340 valence electrons. The number of benzene rings is 2. The number of allylic oxidation sites excluding steroid dienone is 2. The molecule has 0 saturated carbocycles. The molecule has 0 fully saturated rings. The Morgan fingerprint density at radius 1 is 1.05 bits per heavy atom. The molecule has 1 atom stereocenters. The number of ether oxygens (including phenoxy) is 3. The van der Waals surface area contributed by atoms with Crippen molar-refractivity contribution in [3.8, 4) is 22.8 Å². The molecule has 2 aliphatic heterocycles. The monoisotopic (exact) mass is 899 g/mol. The number of nitro groups is 1. The molecule has 1 amide bonds. The van der Waals surface area contributed by atoms with Gasteiger partial charge in [0.25, 0.3) is 15.8 Å². The topological polar surface area (TPSA) is 200 Å². The second-order valence-electron chi connectivity index (χ2n) is 16.6. The summed E-state index contributed by atoms with van der Waals surface area (Å²) in [5, 5.41) is 13.8. The van der Waals surface area contributed by atoms with Gasteiger partial charge in [-0.1, -0.05) is 30.3 Å². The quantitative estimate of drug-likeness (QED) is 0.0271. The Morgan fingerprint density at radius 2 is 1.73 bits per heavy atom. The number of nitrogens with one attached hydrogen (secondary N) is 1. The van der Waals surface area contributed by atoms with Crippen LogP contribution in [-0.4, -0.2) is 147 Å². The van der Waals surface area contributed by atoms with Crippen LogP contribution in [0.2, 0.25) is 0 Å². The summed E-state index contributed by atoms with van der Waals surface area (Å²) in [5.41, 5.74) is 2.68. The summed E-state index contributed by atoms with van der Waals surface area (Å²) in [6, 6.07) is 11.3. The van der Waals surface area contributed by atoms with E-state index in [1.54, 1.807) is 55.3 Å². The van der Waals surface area contributed by atoms with E-state index in [2.05, 4.69) is 26.5 Å². The zero-order valence-electron chi connectivity index (χ0n) is 36.4. The van der Waals surface area contributed by atoms with E-state index in [1.807, 2.05) is 12.1 Å². The van der Waals surface area contributed by atoms with E-state index in [0.717, 1.165) is 38.0 Å². The lowest BCUT2D eigenvalue weighted by Gasteiger charge is -2.31. The first kappa shape index (κ1) is 48.3. The summed E-state index contributed by atoms with van der Waals surface area (Å²) in [7, 11) is 4.40. The van der Waals surface area contributed by atoms with Gasteiger partial charge in [-0.3, -0.25) is 29.2 Å². The van der Waals surface area contributed by atoms with E-state index in [4.69, 9.17) is 14.2 Å². The van der Waals surface area contributed by atoms with Crippen LogP contribution in [0.1, 0.15) is 54.7 Å². The Morgan fingerprint density at radius 3 is 2.35 bits per heavy atom. The average Bonchev–Trinajstić information content (AvgIpc) is 3.73. The summed E-state index contributed by atoms with van der Waals surface area (Å²) in [5.74, 6) is -3.57. The largest absolute Gasteiger partial charge is 0.737 e. The minimum absolute atomic E-state index is 0.00668. The zero-order valence-corrected chi connectivity index (χ0v) is 37.2. The summed E-state index contributed by atoms with van der Waals surface area (Å²) in [4.78, 5) is 50.7. The van der Waals surface area contributed by atoms with Gasteiger partial charge in [0.05, 0.1) is 51.4 Å². The third kappa shape index (κ3) is 12.0. The van der Waals surface area contributed by atoms with Crippen LogP contribution >= 0.6 is 0 Å². The number of ketones is 1. The summed E-state index contributed by atoms with van der Waals surface area (Å²) in [6.45, 7) is -0.678. The molecule has 0 spiro atoms. The van der Waals surface area contributed by atoms with Crippen molar-refractivity contribution in [2.75, 3.05) is 73.9 Å². The SMILES string of the molecule is COc1cc(C(C)=O)c([N+](=O)[O-])cc1OCCN(C)CCOC(=O)C(CS(=O)(=O)O)NC(=O)CCC1=[N+]2C(=Cc3c(CCC[N+](C)(C)C)cc(-c4ccccc4)n3[B-]2(F)F)C(C)=C1. The van der Waals surface area contributed by atoms with Crippen molar-refractivity contribution >= 4 is 52.2 Å². The Balaban J connectivity index is 1.23. The number of carbonyl (C=O) groups excluding carboxylic acids is 3. The Kier molecular flexibility index (Phi) is 15.1. The molecule has 63 heavy (non-hydrogen) atoms. The van der Waals surface area contributed by atoms with Crippen LogP contribution in [0.25, 0.3) is 17.3 Å². The van der Waals surface area contributed by atoms with Gasteiger partial charge in [-0.05, 0) is 44.5 Å². The van der Waals surface area contributed by atoms with Crippen LogP contribution in [0.3, 0.4) is 0 Å². The number of fused-ring (bicyclic) bond motifs is 2. The molecule has 0 saturated heterocycles. The van der Waals surface area contributed by atoms with Crippen molar-refractivity contribution < 1.29 is 64.1 Å². The Hall–Kier alpha value is -5.77. The summed E-state index contributed by atoms with van der Waals surface area (Å²) in [6.07, 6.45) is 4.14. The van der Waals surface area contributed by atoms with Gasteiger partial charge < -0.3 is 41.6 Å². The number of Topliss-reactive ketones (excluding diaryl/α,β-unsaturated/α-hetero) is 1. The summed E-state index contributed by atoms with van der Waals surface area (Å²) >= 11 is 0. The first-order chi connectivity index (χ1) is 29.5. The number of rotatable bonds is 22. The number of quaternary nitrogens is 1. The van der Waals surface area contributed by atoms with Gasteiger partial charge in [-0.25, -0.2) is 4.79 Å². The Bertz CT molecular complexity index is 2470. The smallest absolute Gasteiger partial charge is 0.493 e. The third-order valence-electron chi connectivity index (χ3n) is 10.7. The maximum absolute atomic E-state index is 17.1. The fourth-order valence-corrected chi connectivity index (χ4v) is 8.20. The second-order valence-corrected chi connectivity index (χ2v) is 18.1. The number of aryl methyl sites for hydroxylation is 1. The molecular weight excluding hydrogens is 845 g/mol. The van der Waals surface area contributed by atoms with Gasteiger partial charge in [-0.2, -0.15) is 8.42 Å². The highest BCUT2D eigenvalue weighted by Gasteiger charge is 2.54. The number of aromatic nitrogens is 1. The van der Waals surface area contributed by atoms with E-state index in [1.165, 1.54) is 20.1 Å². The normalized spacial score (nSPS) is 15.0. The highest BCUT2D eigenvalue weighted by Crippen LogP contribution is 2.41. The maximum Gasteiger partial charge on any atom is 0.737 e. The van der Waals surface area contributed by atoms with Crippen LogP contribution < -0.4 is 14.8 Å². The van der Waals surface area contributed by atoms with Gasteiger partial charge >= 0.3 is 12.9 Å². The highest BCUT2D eigenvalue weighted by atomic mass is 32.2. The standard InChI is InChI=1S/C42H53BF2N6O11S/c1-28-22-32(48-35(28)25-37-31(14-11-19-51(4,5)6)23-36(49(37)43(48,44)45)30-12-9-8-10-13-30)15-16-41(53)46-34(27-63(57,58)59)42(54)62-21-18-47(3)17-20-61-40-26-38(50(55)56)33(29(2)52)24-39(40)60-7/h8-10,12-13,22-26,34H,11,14-21,27H2,1-7H3,(H-,46,53,57,58,59)/p+1. The number of amides is 1. The molecule has 2 aliphatic rings. The number of hydrogen-bond acceptors (Lipinski definition) is 11. The fourth-order valence-electron chi connectivity index (χ4n) is 7.56. The number of hydrogen-bond donors (Lipinski definition) is 2. The van der Waals surface area contributed by atoms with E-state index < -0.39 is 63.6 Å². The molecule has 0 bridgehead atoms. The summed E-state index contributed by atoms with van der Waals surface area (Å²) < 4.78 is 86.4. The molecule has 3 aromatic rings. The van der Waals surface area contributed by atoms with Crippen LogP contribution in [0, 0.1) is 10.1 Å². The molecule has 21 heteroatoms. The van der Waals surface area contributed by atoms with Crippen molar-refractivity contribution in [1.29, 1.82) is 0 Å². The van der Waals surface area contributed by atoms with Gasteiger partial charge in [-0.15, -0.1) is 0 Å². The molecule has 2 aromatic carbocycles. The van der Waals surface area contributed by atoms with Crippen molar-refractivity contribution in [2.45, 2.75) is 45.6 Å². The molecule has 3 heterocycles. The predicted molar refractivity (Wildman–Crippen MR) is 233 cm³/mol. The molecule has 1 unspecified atom stereocenters. The molecule has 17 nitrogen and oxygen atoms in total. The number of esters is 1. The van der Waals surface area contributed by atoms with Crippen LogP contribution in [0.5, 0.6) is 11.5 Å². The average molecular weight is 900 g/mol. The lowest BCUT2D eigenvalue weighted by molar-refractivity contribution is -0.870. The lowest BCUT2D eigenvalue weighted by Crippen LogP contribution is -2.51. The van der Waals surface area contributed by atoms with Gasteiger partial charge in [0.2, 0.25) is 5.91 Å². The van der Waals surface area contributed by atoms with Crippen molar-refractivity contribution in [1.82, 2.24) is 14.7 Å². The molecule has 0 radical (unpaired) electrons. The van der Waals surface area contributed by atoms with Gasteiger partial charge in [0.1, 0.15) is 30.7 Å². The molecule has 1 aromatic heterocycles. The number of nitro benzene ring substituents is 1. The predicted octanol–water partition coefficient (Wildman–Crippen LogP) is 4.61. The van der Waals surface area contributed by atoms with Crippen molar-refractivity contribution in [3.05, 3.63) is 92.8 Å². The fraction of sp³-hybridized carbons (Fsp3) is 0.429. The van der Waals surface area contributed by atoms with Crippen molar-refractivity contribution in [2.24, 2.45) is 0 Å². The van der Waals surface area contributed by atoms with Crippen molar-refractivity contribution in [3.63, 3.8) is 0 Å². The molecule has 2 N–H and O–H groups in total. The van der Waals surface area contributed by atoms with Gasteiger partial charge in [0.15, 0.2) is 23.0 Å². The van der Waals surface area contributed by atoms with Crippen LogP contribution in [-0.2, 0) is 30.9 Å². The number of carbonyl (C=O) groups is 3. The van der Waals surface area contributed by atoms with Crippen LogP contribution in [0.15, 0.2) is 65.9 Å². The van der Waals surface area contributed by atoms with E-state index in [0.29, 0.717) is 34.6 Å². The minimum Gasteiger partial charge on any atom is -0.493 e. The first-order valence-electron chi connectivity index (χ1n) is 20.3. The number of methoxy groups -OCH3 is 1. The third-order valence-corrected chi connectivity index (χ3v) is 11.4. The first-order valence-corrected chi connectivity index (χ1v) is 21.9. The zero-order chi connectivity index (χ0) is 46.4. The number of nitrogens with zero attached hydrogens (tertiary/aromatic N) is 5. The van der Waals surface area contributed by atoms with E-state index in [-0.39, 0.29) is 55.5 Å². The molecule has 0 aliphatic carbocycles. The maximum atomic E-state index is 17.1. The van der Waals surface area contributed by atoms with E-state index >= 15 is 8.63 Å². The lowest BCUT2D eigenvalue weighted by atomic mass is 9.88.